The first-order valence-corrected chi connectivity index (χ1v) is 9.52. The lowest BCUT2D eigenvalue weighted by Crippen LogP contribution is -2.35. The zero-order valence-corrected chi connectivity index (χ0v) is 16.6. The second-order valence-electron chi connectivity index (χ2n) is 7.27. The first-order valence-electron chi connectivity index (χ1n) is 9.52. The predicted molar refractivity (Wildman–Crippen MR) is 111 cm³/mol. The van der Waals surface area contributed by atoms with E-state index in [4.69, 9.17) is 14.5 Å². The summed E-state index contributed by atoms with van der Waals surface area (Å²) in [4.78, 5) is 6.99. The summed E-state index contributed by atoms with van der Waals surface area (Å²) >= 11 is 0. The van der Waals surface area contributed by atoms with Gasteiger partial charge in [-0.2, -0.15) is 5.10 Å². The Labute approximate surface area is 168 Å². The number of aliphatic hydroxyl groups excluding tert-OH is 1. The van der Waals surface area contributed by atoms with E-state index in [1.54, 1.807) is 14.2 Å². The molecule has 0 amide bonds. The number of para-hydroxylation sites is 1. The second kappa shape index (κ2) is 6.63. The maximum atomic E-state index is 11.0. The molecule has 0 radical (unpaired) electrons. The minimum atomic E-state index is -0.716. The largest absolute Gasteiger partial charge is 0.496 e. The molecule has 0 aliphatic carbocycles. The van der Waals surface area contributed by atoms with Crippen LogP contribution in [-0.4, -0.2) is 40.5 Å². The van der Waals surface area contributed by atoms with Crippen LogP contribution >= 0.6 is 0 Å². The molecule has 2 aromatic carbocycles. The Morgan fingerprint density at radius 3 is 2.62 bits per heavy atom. The van der Waals surface area contributed by atoms with Crippen molar-refractivity contribution >= 4 is 22.4 Å². The molecule has 7 nitrogen and oxygen atoms in total. The van der Waals surface area contributed by atoms with Crippen molar-refractivity contribution in [3.05, 3.63) is 59.3 Å². The number of ether oxygens (including phenoxy) is 2. The van der Waals surface area contributed by atoms with E-state index < -0.39 is 6.10 Å². The quantitative estimate of drug-likeness (QED) is 0.579. The Balaban J connectivity index is 1.71. The highest BCUT2D eigenvalue weighted by atomic mass is 16.5. The van der Waals surface area contributed by atoms with Gasteiger partial charge in [-0.25, -0.2) is 9.50 Å². The van der Waals surface area contributed by atoms with E-state index >= 15 is 0 Å². The molecule has 148 valence electrons. The van der Waals surface area contributed by atoms with E-state index in [1.165, 1.54) is 0 Å². The fourth-order valence-corrected chi connectivity index (χ4v) is 4.24. The molecule has 29 heavy (non-hydrogen) atoms. The molecule has 2 aromatic heterocycles. The summed E-state index contributed by atoms with van der Waals surface area (Å²) < 4.78 is 12.9. The topological polar surface area (TPSA) is 72.1 Å². The van der Waals surface area contributed by atoms with Crippen LogP contribution in [0.2, 0.25) is 0 Å². The smallest absolute Gasteiger partial charge is 0.158 e. The van der Waals surface area contributed by atoms with Crippen LogP contribution in [-0.2, 0) is 6.54 Å². The number of β-amino-alcohol motifs (C(OH)–C–C–N with tert-alkyl or cyclic N) is 1. The number of aromatic nitrogens is 3. The molecule has 0 saturated carbocycles. The van der Waals surface area contributed by atoms with Crippen molar-refractivity contribution in [3.63, 3.8) is 0 Å². The molecule has 1 aliphatic heterocycles. The van der Waals surface area contributed by atoms with E-state index in [1.807, 2.05) is 53.9 Å². The predicted octanol–water partition coefficient (Wildman–Crippen LogP) is 3.26. The van der Waals surface area contributed by atoms with Gasteiger partial charge >= 0.3 is 0 Å². The molecule has 0 spiro atoms. The molecule has 7 heteroatoms. The Morgan fingerprint density at radius 1 is 1.07 bits per heavy atom. The van der Waals surface area contributed by atoms with E-state index in [9.17, 15) is 5.11 Å². The number of anilines is 1. The summed E-state index contributed by atoms with van der Waals surface area (Å²) in [6.45, 7) is 2.94. The number of aliphatic hydroxyl groups is 1. The van der Waals surface area contributed by atoms with Crippen LogP contribution in [0, 0.1) is 6.92 Å². The van der Waals surface area contributed by atoms with Crippen molar-refractivity contribution in [2.75, 3.05) is 25.7 Å². The lowest BCUT2D eigenvalue weighted by Gasteiger charge is -2.35. The summed E-state index contributed by atoms with van der Waals surface area (Å²) in [5.74, 6) is 2.23. The summed E-state index contributed by atoms with van der Waals surface area (Å²) in [5, 5.41) is 16.6. The molecule has 4 aromatic rings. The van der Waals surface area contributed by atoms with Gasteiger partial charge in [0.05, 0.1) is 32.0 Å². The van der Waals surface area contributed by atoms with Gasteiger partial charge in [0.2, 0.25) is 0 Å². The van der Waals surface area contributed by atoms with Crippen molar-refractivity contribution in [3.8, 4) is 11.5 Å². The Hall–Kier alpha value is -3.32. The standard InChI is InChI=1S/C22H22N4O3/c1-13-10-20-23-22(14-6-4-5-7-16(14)26(20)24-13)25-11-15-18(28-2)8-9-19(29-3)21(15)17(27)12-25/h4-10,17,27H,11-12H2,1-3H3/t17-/m0/s1. The number of rotatable bonds is 3. The summed E-state index contributed by atoms with van der Waals surface area (Å²) in [6, 6.07) is 13.8. The first-order chi connectivity index (χ1) is 14.1. The van der Waals surface area contributed by atoms with Crippen LogP contribution in [0.1, 0.15) is 22.9 Å². The summed E-state index contributed by atoms with van der Waals surface area (Å²) in [7, 11) is 3.26. The molecule has 0 fully saturated rings. The fourth-order valence-electron chi connectivity index (χ4n) is 4.24. The van der Waals surface area contributed by atoms with E-state index in [-0.39, 0.29) is 0 Å². The Morgan fingerprint density at radius 2 is 1.83 bits per heavy atom. The molecule has 0 bridgehead atoms. The normalized spacial score (nSPS) is 16.3. The van der Waals surface area contributed by atoms with Crippen molar-refractivity contribution in [1.82, 2.24) is 14.6 Å². The van der Waals surface area contributed by atoms with Gasteiger partial charge in [0.1, 0.15) is 23.4 Å². The zero-order chi connectivity index (χ0) is 20.1. The van der Waals surface area contributed by atoms with E-state index in [2.05, 4.69) is 10.00 Å². The van der Waals surface area contributed by atoms with Crippen molar-refractivity contribution in [2.45, 2.75) is 19.6 Å². The van der Waals surface area contributed by atoms with Crippen LogP contribution in [0.4, 0.5) is 5.82 Å². The number of nitrogens with zero attached hydrogens (tertiary/aromatic N) is 4. The van der Waals surface area contributed by atoms with Gasteiger partial charge in [-0.15, -0.1) is 0 Å². The van der Waals surface area contributed by atoms with Crippen LogP contribution in [0.25, 0.3) is 16.6 Å². The van der Waals surface area contributed by atoms with Crippen molar-refractivity contribution in [2.24, 2.45) is 0 Å². The van der Waals surface area contributed by atoms with Crippen molar-refractivity contribution in [1.29, 1.82) is 0 Å². The third-order valence-electron chi connectivity index (χ3n) is 5.50. The van der Waals surface area contributed by atoms with Gasteiger partial charge in [0.25, 0.3) is 0 Å². The number of fused-ring (bicyclic) bond motifs is 4. The molecule has 0 saturated heterocycles. The monoisotopic (exact) mass is 390 g/mol. The lowest BCUT2D eigenvalue weighted by atomic mass is 9.95. The summed E-state index contributed by atoms with van der Waals surface area (Å²) in [6.07, 6.45) is -0.716. The number of benzene rings is 2. The number of hydrogen-bond donors (Lipinski definition) is 1. The number of methoxy groups -OCH3 is 2. The molecule has 1 atom stereocenters. The molecular formula is C22H22N4O3. The van der Waals surface area contributed by atoms with Gasteiger partial charge in [-0.1, -0.05) is 12.1 Å². The first kappa shape index (κ1) is 17.8. The number of hydrogen-bond acceptors (Lipinski definition) is 6. The molecule has 0 unspecified atom stereocenters. The molecular weight excluding hydrogens is 368 g/mol. The van der Waals surface area contributed by atoms with Crippen LogP contribution in [0.3, 0.4) is 0 Å². The van der Waals surface area contributed by atoms with Crippen LogP contribution < -0.4 is 14.4 Å². The zero-order valence-electron chi connectivity index (χ0n) is 16.6. The van der Waals surface area contributed by atoms with Gasteiger partial charge in [-0.05, 0) is 31.2 Å². The Kier molecular flexibility index (Phi) is 4.06. The van der Waals surface area contributed by atoms with E-state index in [0.29, 0.717) is 18.8 Å². The molecule has 3 heterocycles. The highest BCUT2D eigenvalue weighted by Crippen LogP contribution is 2.41. The minimum Gasteiger partial charge on any atom is -0.496 e. The highest BCUT2D eigenvalue weighted by molar-refractivity contribution is 5.92. The third kappa shape index (κ3) is 2.69. The van der Waals surface area contributed by atoms with E-state index in [0.717, 1.165) is 44.9 Å². The second-order valence-corrected chi connectivity index (χ2v) is 7.27. The molecule has 1 aliphatic rings. The average molecular weight is 390 g/mol. The highest BCUT2D eigenvalue weighted by Gasteiger charge is 2.31. The SMILES string of the molecule is COc1ccc(OC)c2c1CN(c1nc3cc(C)nn3c3ccccc13)C[C@@H]2O. The van der Waals surface area contributed by atoms with Gasteiger partial charge in [-0.3, -0.25) is 0 Å². The molecule has 5 rings (SSSR count). The van der Waals surface area contributed by atoms with Crippen LogP contribution in [0.15, 0.2) is 42.5 Å². The third-order valence-corrected chi connectivity index (χ3v) is 5.50. The van der Waals surface area contributed by atoms with Gasteiger partial charge < -0.3 is 19.5 Å². The van der Waals surface area contributed by atoms with Crippen LogP contribution in [0.5, 0.6) is 11.5 Å². The van der Waals surface area contributed by atoms with Gasteiger partial charge in [0.15, 0.2) is 5.65 Å². The lowest BCUT2D eigenvalue weighted by molar-refractivity contribution is 0.169. The van der Waals surface area contributed by atoms with Crippen molar-refractivity contribution < 1.29 is 14.6 Å². The Bertz CT molecular complexity index is 1230. The minimum absolute atomic E-state index is 0.414. The summed E-state index contributed by atoms with van der Waals surface area (Å²) in [5.41, 5.74) is 4.39. The maximum absolute atomic E-state index is 11.0. The fraction of sp³-hybridized carbons (Fsp3) is 0.273. The maximum Gasteiger partial charge on any atom is 0.158 e. The number of aryl methyl sites for hydroxylation is 1. The average Bonchev–Trinajstić information content (AvgIpc) is 3.12. The molecule has 1 N–H and O–H groups in total. The van der Waals surface area contributed by atoms with Gasteiger partial charge in [0, 0.05) is 29.1 Å².